The SMILES string of the molecule is C=C(C)CNc1cccc(N(C)C)c1. The van der Waals surface area contributed by atoms with Gasteiger partial charge in [0.2, 0.25) is 0 Å². The van der Waals surface area contributed by atoms with Crippen LogP contribution in [0.2, 0.25) is 0 Å². The summed E-state index contributed by atoms with van der Waals surface area (Å²) in [5.41, 5.74) is 3.48. The summed E-state index contributed by atoms with van der Waals surface area (Å²) in [5.74, 6) is 0. The summed E-state index contributed by atoms with van der Waals surface area (Å²) >= 11 is 0. The maximum absolute atomic E-state index is 3.85. The zero-order chi connectivity index (χ0) is 10.6. The van der Waals surface area contributed by atoms with Crippen LogP contribution in [0.3, 0.4) is 0 Å². The summed E-state index contributed by atoms with van der Waals surface area (Å²) < 4.78 is 0. The van der Waals surface area contributed by atoms with Gasteiger partial charge < -0.3 is 10.2 Å². The second-order valence-electron chi connectivity index (χ2n) is 3.76. The van der Waals surface area contributed by atoms with Crippen molar-refractivity contribution < 1.29 is 0 Å². The number of rotatable bonds is 4. The molecule has 14 heavy (non-hydrogen) atoms. The highest BCUT2D eigenvalue weighted by atomic mass is 15.1. The van der Waals surface area contributed by atoms with E-state index in [0.29, 0.717) is 0 Å². The molecule has 0 amide bonds. The zero-order valence-corrected chi connectivity index (χ0v) is 9.17. The Kier molecular flexibility index (Phi) is 3.57. The van der Waals surface area contributed by atoms with Crippen molar-refractivity contribution in [2.45, 2.75) is 6.92 Å². The molecule has 0 heterocycles. The van der Waals surface area contributed by atoms with E-state index in [1.807, 2.05) is 21.0 Å². The largest absolute Gasteiger partial charge is 0.381 e. The molecule has 0 bridgehead atoms. The van der Waals surface area contributed by atoms with E-state index in [1.165, 1.54) is 5.69 Å². The topological polar surface area (TPSA) is 15.3 Å². The Bertz CT molecular complexity index is 316. The van der Waals surface area contributed by atoms with Crippen LogP contribution >= 0.6 is 0 Å². The number of hydrogen-bond acceptors (Lipinski definition) is 2. The van der Waals surface area contributed by atoms with Crippen LogP contribution in [0.4, 0.5) is 11.4 Å². The molecule has 0 aromatic heterocycles. The van der Waals surface area contributed by atoms with E-state index in [-0.39, 0.29) is 0 Å². The van der Waals surface area contributed by atoms with Crippen molar-refractivity contribution in [2.24, 2.45) is 0 Å². The molecule has 0 aliphatic rings. The van der Waals surface area contributed by atoms with E-state index in [2.05, 4.69) is 41.1 Å². The zero-order valence-electron chi connectivity index (χ0n) is 9.17. The van der Waals surface area contributed by atoms with Gasteiger partial charge in [0.05, 0.1) is 0 Å². The number of benzene rings is 1. The maximum atomic E-state index is 3.85. The Labute approximate surface area is 86.2 Å². The third-order valence-corrected chi connectivity index (χ3v) is 1.96. The molecule has 1 N–H and O–H groups in total. The number of nitrogens with one attached hydrogen (secondary N) is 1. The van der Waals surface area contributed by atoms with Crippen molar-refractivity contribution in [3.8, 4) is 0 Å². The van der Waals surface area contributed by atoms with Crippen molar-refractivity contribution in [3.63, 3.8) is 0 Å². The molecule has 0 spiro atoms. The summed E-state index contributed by atoms with van der Waals surface area (Å²) in [4.78, 5) is 2.09. The van der Waals surface area contributed by atoms with Gasteiger partial charge in [0.25, 0.3) is 0 Å². The van der Waals surface area contributed by atoms with Crippen LogP contribution in [0.1, 0.15) is 6.92 Å². The maximum Gasteiger partial charge on any atom is 0.0381 e. The van der Waals surface area contributed by atoms with E-state index < -0.39 is 0 Å². The minimum absolute atomic E-state index is 0.830. The second kappa shape index (κ2) is 4.70. The molecular weight excluding hydrogens is 172 g/mol. The van der Waals surface area contributed by atoms with Crippen LogP contribution in [0.25, 0.3) is 0 Å². The molecule has 1 aromatic carbocycles. The van der Waals surface area contributed by atoms with Crippen molar-refractivity contribution in [1.29, 1.82) is 0 Å². The first-order valence-electron chi connectivity index (χ1n) is 4.75. The van der Waals surface area contributed by atoms with Gasteiger partial charge in [-0.2, -0.15) is 0 Å². The molecule has 0 unspecified atom stereocenters. The minimum atomic E-state index is 0.830. The fourth-order valence-electron chi connectivity index (χ4n) is 1.15. The van der Waals surface area contributed by atoms with Gasteiger partial charge >= 0.3 is 0 Å². The number of nitrogens with zero attached hydrogens (tertiary/aromatic N) is 1. The molecule has 0 radical (unpaired) electrons. The molecule has 0 fully saturated rings. The monoisotopic (exact) mass is 190 g/mol. The third-order valence-electron chi connectivity index (χ3n) is 1.96. The van der Waals surface area contributed by atoms with Crippen molar-refractivity contribution in [1.82, 2.24) is 0 Å². The van der Waals surface area contributed by atoms with E-state index >= 15 is 0 Å². The van der Waals surface area contributed by atoms with Crippen LogP contribution in [0.15, 0.2) is 36.4 Å². The second-order valence-corrected chi connectivity index (χ2v) is 3.76. The predicted octanol–water partition coefficient (Wildman–Crippen LogP) is 2.74. The smallest absolute Gasteiger partial charge is 0.0381 e. The summed E-state index contributed by atoms with van der Waals surface area (Å²) in [7, 11) is 4.08. The lowest BCUT2D eigenvalue weighted by molar-refractivity contribution is 1.13. The molecule has 0 atom stereocenters. The molecule has 0 saturated carbocycles. The summed E-state index contributed by atoms with van der Waals surface area (Å²) in [6, 6.07) is 8.33. The Morgan fingerprint density at radius 2 is 2.14 bits per heavy atom. The van der Waals surface area contributed by atoms with Gasteiger partial charge in [-0.25, -0.2) is 0 Å². The average Bonchev–Trinajstić information content (AvgIpc) is 2.15. The Morgan fingerprint density at radius 3 is 2.71 bits per heavy atom. The van der Waals surface area contributed by atoms with Crippen LogP contribution in [-0.2, 0) is 0 Å². The van der Waals surface area contributed by atoms with E-state index in [9.17, 15) is 0 Å². The standard InChI is InChI=1S/C12H18N2/c1-10(2)9-13-11-6-5-7-12(8-11)14(3)4/h5-8,13H,1,9H2,2-4H3. The van der Waals surface area contributed by atoms with Gasteiger partial charge in [-0.1, -0.05) is 18.2 Å². The molecule has 1 aromatic rings. The van der Waals surface area contributed by atoms with Gasteiger partial charge in [0.15, 0.2) is 0 Å². The quantitative estimate of drug-likeness (QED) is 0.734. The van der Waals surface area contributed by atoms with Gasteiger partial charge in [0, 0.05) is 32.0 Å². The van der Waals surface area contributed by atoms with Crippen LogP contribution in [-0.4, -0.2) is 20.6 Å². The van der Waals surface area contributed by atoms with Gasteiger partial charge in [0.1, 0.15) is 0 Å². The lowest BCUT2D eigenvalue weighted by Gasteiger charge is -2.14. The number of hydrogen-bond donors (Lipinski definition) is 1. The fourth-order valence-corrected chi connectivity index (χ4v) is 1.15. The molecular formula is C12H18N2. The first-order chi connectivity index (χ1) is 6.59. The normalized spacial score (nSPS) is 9.64. The highest BCUT2D eigenvalue weighted by Gasteiger charge is 1.96. The first kappa shape index (κ1) is 10.6. The van der Waals surface area contributed by atoms with Gasteiger partial charge in [-0.3, -0.25) is 0 Å². The third kappa shape index (κ3) is 3.13. The molecule has 76 valence electrons. The molecule has 2 heteroatoms. The van der Waals surface area contributed by atoms with Crippen molar-refractivity contribution in [3.05, 3.63) is 36.4 Å². The average molecular weight is 190 g/mol. The van der Waals surface area contributed by atoms with E-state index in [1.54, 1.807) is 0 Å². The van der Waals surface area contributed by atoms with Gasteiger partial charge in [-0.05, 0) is 25.1 Å². The lowest BCUT2D eigenvalue weighted by atomic mass is 10.2. The minimum Gasteiger partial charge on any atom is -0.381 e. The molecule has 0 saturated heterocycles. The van der Waals surface area contributed by atoms with Crippen molar-refractivity contribution >= 4 is 11.4 Å². The van der Waals surface area contributed by atoms with E-state index in [4.69, 9.17) is 0 Å². The molecule has 2 nitrogen and oxygen atoms in total. The highest BCUT2D eigenvalue weighted by molar-refractivity contribution is 5.57. The Balaban J connectivity index is 2.68. The number of anilines is 2. The summed E-state index contributed by atoms with van der Waals surface area (Å²) in [6.07, 6.45) is 0. The summed E-state index contributed by atoms with van der Waals surface area (Å²) in [6.45, 7) is 6.70. The Hall–Kier alpha value is -1.44. The molecule has 1 rings (SSSR count). The van der Waals surface area contributed by atoms with Crippen LogP contribution < -0.4 is 10.2 Å². The van der Waals surface area contributed by atoms with E-state index in [0.717, 1.165) is 17.8 Å². The molecule has 0 aliphatic heterocycles. The lowest BCUT2D eigenvalue weighted by Crippen LogP contribution is -2.09. The predicted molar refractivity (Wildman–Crippen MR) is 64.1 cm³/mol. The van der Waals surface area contributed by atoms with Crippen molar-refractivity contribution in [2.75, 3.05) is 30.9 Å². The van der Waals surface area contributed by atoms with Crippen LogP contribution in [0.5, 0.6) is 0 Å². The molecule has 0 aliphatic carbocycles. The summed E-state index contributed by atoms with van der Waals surface area (Å²) in [5, 5.41) is 3.31. The Morgan fingerprint density at radius 1 is 1.43 bits per heavy atom. The fraction of sp³-hybridized carbons (Fsp3) is 0.333. The highest BCUT2D eigenvalue weighted by Crippen LogP contribution is 2.17. The first-order valence-corrected chi connectivity index (χ1v) is 4.75. The van der Waals surface area contributed by atoms with Crippen LogP contribution in [0, 0.1) is 0 Å². The van der Waals surface area contributed by atoms with Gasteiger partial charge in [-0.15, -0.1) is 0 Å².